The van der Waals surface area contributed by atoms with Crippen molar-refractivity contribution in [3.05, 3.63) is 76.1 Å². The highest BCUT2D eigenvalue weighted by molar-refractivity contribution is 6.13. The van der Waals surface area contributed by atoms with E-state index in [0.717, 1.165) is 11.3 Å². The molecular weight excluding hydrogens is 422 g/mol. The first-order valence-electron chi connectivity index (χ1n) is 10.6. The van der Waals surface area contributed by atoms with Gasteiger partial charge in [0.25, 0.3) is 11.6 Å². The molecule has 33 heavy (non-hydrogen) atoms. The van der Waals surface area contributed by atoms with E-state index in [-0.39, 0.29) is 11.4 Å². The summed E-state index contributed by atoms with van der Waals surface area (Å²) in [7, 11) is 0. The van der Waals surface area contributed by atoms with Gasteiger partial charge in [-0.1, -0.05) is 18.2 Å². The van der Waals surface area contributed by atoms with Crippen LogP contribution in [-0.2, 0) is 6.54 Å². The zero-order valence-corrected chi connectivity index (χ0v) is 18.5. The normalized spacial score (nSPS) is 10.9. The summed E-state index contributed by atoms with van der Waals surface area (Å²) in [6.07, 6.45) is 1.73. The Kier molecular flexibility index (Phi) is 6.03. The maximum absolute atomic E-state index is 13.3. The Morgan fingerprint density at radius 2 is 1.97 bits per heavy atom. The number of carbonyl (C=O) groups excluding carboxylic acids is 1. The van der Waals surface area contributed by atoms with Crippen LogP contribution < -0.4 is 10.1 Å². The van der Waals surface area contributed by atoms with Gasteiger partial charge in [-0.05, 0) is 45.0 Å². The van der Waals surface area contributed by atoms with Crippen molar-refractivity contribution in [1.29, 1.82) is 0 Å². The van der Waals surface area contributed by atoms with Crippen molar-refractivity contribution in [3.8, 4) is 17.0 Å². The third kappa shape index (κ3) is 4.25. The summed E-state index contributed by atoms with van der Waals surface area (Å²) >= 11 is 0. The van der Waals surface area contributed by atoms with Crippen molar-refractivity contribution < 1.29 is 14.5 Å². The summed E-state index contributed by atoms with van der Waals surface area (Å²) in [4.78, 5) is 29.1. The number of aromatic nitrogens is 3. The molecule has 0 saturated carbocycles. The number of hydrogen-bond acceptors (Lipinski definition) is 6. The van der Waals surface area contributed by atoms with E-state index in [9.17, 15) is 14.9 Å². The van der Waals surface area contributed by atoms with Gasteiger partial charge < -0.3 is 10.1 Å². The van der Waals surface area contributed by atoms with Gasteiger partial charge in [0, 0.05) is 23.2 Å². The van der Waals surface area contributed by atoms with Crippen molar-refractivity contribution in [2.24, 2.45) is 0 Å². The molecule has 168 valence electrons. The Morgan fingerprint density at radius 3 is 2.67 bits per heavy atom. The summed E-state index contributed by atoms with van der Waals surface area (Å²) in [5.74, 6) is -0.107. The molecule has 0 bridgehead atoms. The van der Waals surface area contributed by atoms with E-state index >= 15 is 0 Å². The number of rotatable bonds is 7. The molecule has 0 atom stereocenters. The highest BCUT2D eigenvalue weighted by Gasteiger charge is 2.21. The smallest absolute Gasteiger partial charge is 0.296 e. The van der Waals surface area contributed by atoms with E-state index in [4.69, 9.17) is 9.72 Å². The molecule has 1 amide bonds. The van der Waals surface area contributed by atoms with E-state index in [2.05, 4.69) is 10.4 Å². The maximum atomic E-state index is 13.3. The SMILES string of the molecule is CCOc1ccc(NC(=O)c2cc(-c3cnn(CC)c3C)nc3ccccc23)c([N+](=O)[O-])c1. The first-order chi connectivity index (χ1) is 15.9. The van der Waals surface area contributed by atoms with Gasteiger partial charge in [-0.3, -0.25) is 19.6 Å². The van der Waals surface area contributed by atoms with Gasteiger partial charge >= 0.3 is 0 Å². The maximum Gasteiger partial charge on any atom is 0.296 e. The number of pyridine rings is 1. The zero-order valence-electron chi connectivity index (χ0n) is 18.5. The molecule has 2 heterocycles. The number of nitro benzene ring substituents is 1. The van der Waals surface area contributed by atoms with Gasteiger partial charge in [0.2, 0.25) is 0 Å². The lowest BCUT2D eigenvalue weighted by Gasteiger charge is -2.12. The van der Waals surface area contributed by atoms with E-state index < -0.39 is 10.8 Å². The second-order valence-corrected chi connectivity index (χ2v) is 7.35. The lowest BCUT2D eigenvalue weighted by atomic mass is 10.0. The predicted octanol–water partition coefficient (Wildman–Crippen LogP) is 4.99. The highest BCUT2D eigenvalue weighted by Crippen LogP contribution is 2.31. The number of aryl methyl sites for hydroxylation is 1. The highest BCUT2D eigenvalue weighted by atomic mass is 16.6. The lowest BCUT2D eigenvalue weighted by Crippen LogP contribution is -2.14. The molecule has 9 heteroatoms. The van der Waals surface area contributed by atoms with E-state index in [1.165, 1.54) is 12.1 Å². The Morgan fingerprint density at radius 1 is 1.18 bits per heavy atom. The average Bonchev–Trinajstić information content (AvgIpc) is 3.19. The first-order valence-corrected chi connectivity index (χ1v) is 10.6. The summed E-state index contributed by atoms with van der Waals surface area (Å²) in [6, 6.07) is 13.4. The largest absolute Gasteiger partial charge is 0.494 e. The number of fused-ring (bicyclic) bond motifs is 1. The number of anilines is 1. The molecule has 4 aromatic rings. The second kappa shape index (κ2) is 9.07. The van der Waals surface area contributed by atoms with Gasteiger partial charge in [-0.15, -0.1) is 0 Å². The molecule has 0 aliphatic heterocycles. The monoisotopic (exact) mass is 445 g/mol. The van der Waals surface area contributed by atoms with Gasteiger partial charge in [0.05, 0.1) is 40.6 Å². The fraction of sp³-hybridized carbons (Fsp3) is 0.208. The topological polar surface area (TPSA) is 112 Å². The number of nitrogens with zero attached hydrogens (tertiary/aromatic N) is 4. The van der Waals surface area contributed by atoms with Gasteiger partial charge in [0.15, 0.2) is 0 Å². The minimum Gasteiger partial charge on any atom is -0.494 e. The Balaban J connectivity index is 1.79. The number of nitrogens with one attached hydrogen (secondary N) is 1. The molecule has 0 aliphatic carbocycles. The Bertz CT molecular complexity index is 1360. The van der Waals surface area contributed by atoms with Crippen LogP contribution in [0.3, 0.4) is 0 Å². The molecule has 0 unspecified atom stereocenters. The molecule has 0 saturated heterocycles. The van der Waals surface area contributed by atoms with E-state index in [1.54, 1.807) is 31.3 Å². The molecule has 0 radical (unpaired) electrons. The van der Waals surface area contributed by atoms with Crippen molar-refractivity contribution in [1.82, 2.24) is 14.8 Å². The van der Waals surface area contributed by atoms with Crippen LogP contribution >= 0.6 is 0 Å². The van der Waals surface area contributed by atoms with Crippen LogP contribution in [0.4, 0.5) is 11.4 Å². The summed E-state index contributed by atoms with van der Waals surface area (Å²) in [6.45, 7) is 6.84. The van der Waals surface area contributed by atoms with Crippen molar-refractivity contribution in [2.45, 2.75) is 27.3 Å². The van der Waals surface area contributed by atoms with Crippen LogP contribution in [0.15, 0.2) is 54.7 Å². The van der Waals surface area contributed by atoms with Crippen LogP contribution in [0.1, 0.15) is 29.9 Å². The van der Waals surface area contributed by atoms with Crippen LogP contribution in [0, 0.1) is 17.0 Å². The van der Waals surface area contributed by atoms with Gasteiger partial charge in [0.1, 0.15) is 11.4 Å². The van der Waals surface area contributed by atoms with Crippen molar-refractivity contribution >= 4 is 28.2 Å². The average molecular weight is 445 g/mol. The third-order valence-electron chi connectivity index (χ3n) is 5.36. The Labute approximate surface area is 190 Å². The second-order valence-electron chi connectivity index (χ2n) is 7.35. The van der Waals surface area contributed by atoms with Crippen molar-refractivity contribution in [3.63, 3.8) is 0 Å². The Hall–Kier alpha value is -4.27. The summed E-state index contributed by atoms with van der Waals surface area (Å²) in [5, 5.41) is 19.3. The fourth-order valence-corrected chi connectivity index (χ4v) is 3.73. The molecule has 4 rings (SSSR count). The van der Waals surface area contributed by atoms with Crippen LogP contribution in [0.2, 0.25) is 0 Å². The predicted molar refractivity (Wildman–Crippen MR) is 126 cm³/mol. The minimum atomic E-state index is -0.545. The molecule has 0 aliphatic rings. The number of hydrogen-bond donors (Lipinski definition) is 1. The molecule has 1 N–H and O–H groups in total. The molecule has 2 aromatic heterocycles. The number of carbonyl (C=O) groups is 1. The number of benzene rings is 2. The molecule has 9 nitrogen and oxygen atoms in total. The molecule has 0 fully saturated rings. The van der Waals surface area contributed by atoms with Crippen LogP contribution in [0.25, 0.3) is 22.2 Å². The number of para-hydroxylation sites is 1. The summed E-state index contributed by atoms with van der Waals surface area (Å²) < 4.78 is 7.21. The lowest BCUT2D eigenvalue weighted by molar-refractivity contribution is -0.384. The summed E-state index contributed by atoms with van der Waals surface area (Å²) in [5.41, 5.74) is 3.22. The van der Waals surface area contributed by atoms with Crippen LogP contribution in [-0.4, -0.2) is 32.2 Å². The molecule has 0 spiro atoms. The first kappa shape index (κ1) is 21.9. The molecule has 2 aromatic carbocycles. The number of nitro groups is 1. The van der Waals surface area contributed by atoms with Gasteiger partial charge in [-0.2, -0.15) is 5.10 Å². The molecular formula is C24H23N5O4. The quantitative estimate of drug-likeness (QED) is 0.317. The van der Waals surface area contributed by atoms with Crippen molar-refractivity contribution in [2.75, 3.05) is 11.9 Å². The number of amides is 1. The third-order valence-corrected chi connectivity index (χ3v) is 5.36. The number of ether oxygens (including phenoxy) is 1. The zero-order chi connectivity index (χ0) is 23.5. The van der Waals surface area contributed by atoms with Gasteiger partial charge in [-0.25, -0.2) is 4.98 Å². The van der Waals surface area contributed by atoms with E-state index in [1.807, 2.05) is 36.7 Å². The minimum absolute atomic E-state index is 0.0888. The standard InChI is InChI=1S/C24H23N5O4/c1-4-28-15(3)19(14-25-28)22-13-18(17-8-6-7-9-20(17)26-22)24(30)27-21-11-10-16(33-5-2)12-23(21)29(31)32/h6-14H,4-5H2,1-3H3,(H,27,30). The van der Waals surface area contributed by atoms with Crippen LogP contribution in [0.5, 0.6) is 5.75 Å². The van der Waals surface area contributed by atoms with E-state index in [0.29, 0.717) is 41.1 Å². The fourth-order valence-electron chi connectivity index (χ4n) is 3.73.